The molecule has 15 unspecified atom stereocenters. The lowest BCUT2D eigenvalue weighted by Gasteiger charge is -2.40. The van der Waals surface area contributed by atoms with Crippen LogP contribution < -0.4 is 43.8 Å². The van der Waals surface area contributed by atoms with Crippen LogP contribution in [0.2, 0.25) is 0 Å². The number of ether oxygens (including phenoxy) is 1. The second-order valence-corrected chi connectivity index (χ2v) is 19.3. The van der Waals surface area contributed by atoms with E-state index in [-0.39, 0.29) is 83.5 Å². The van der Waals surface area contributed by atoms with Crippen molar-refractivity contribution >= 4 is 35.5 Å². The van der Waals surface area contributed by atoms with Crippen molar-refractivity contribution in [2.24, 2.45) is 58.6 Å². The average Bonchev–Trinajstić information content (AvgIpc) is 3.23. The Balaban J connectivity index is 1.07. The van der Waals surface area contributed by atoms with Gasteiger partial charge in [-0.15, -0.1) is 0 Å². The van der Waals surface area contributed by atoms with E-state index < -0.39 is 41.8 Å². The largest absolute Gasteiger partial charge is 0.469 e. The third-order valence-electron chi connectivity index (χ3n) is 15.1. The van der Waals surface area contributed by atoms with Gasteiger partial charge >= 0.3 is 5.97 Å². The first kappa shape index (κ1) is 45.2. The summed E-state index contributed by atoms with van der Waals surface area (Å²) < 4.78 is 5.03. The van der Waals surface area contributed by atoms with Crippen LogP contribution in [0.3, 0.4) is 0 Å². The van der Waals surface area contributed by atoms with Gasteiger partial charge in [0.15, 0.2) is 0 Å². The lowest BCUT2D eigenvalue weighted by Crippen LogP contribution is -2.59. The van der Waals surface area contributed by atoms with Crippen LogP contribution in [0.15, 0.2) is 0 Å². The standard InChI is InChI=1S/C44H74N8O7/c1-24-15-16-25(45)21-31(24)41(55)48-34-12-6-3-9-28(34)39(53)51-37-19-17-26(46)22-32(37)42(56)49-35-13-7-4-10-29(35)40(54)52-38-20-18-27(47)23-33(38)43(57)50-36-14-8-5-11-30(36)44(58)59-2/h24-38H,3-23,45-47H2,1-2H3,(H,48,55)(H,49,56)(H,50,57)(H,51,53)(H,52,54). The van der Waals surface area contributed by atoms with Crippen molar-refractivity contribution in [2.75, 3.05) is 7.11 Å². The molecule has 332 valence electrons. The van der Waals surface area contributed by atoms with Crippen LogP contribution in [-0.4, -0.2) is 90.9 Å². The molecule has 6 fully saturated rings. The molecule has 59 heavy (non-hydrogen) atoms. The molecule has 0 aromatic rings. The Morgan fingerprint density at radius 3 is 1.12 bits per heavy atom. The zero-order valence-corrected chi connectivity index (χ0v) is 35.6. The number of methoxy groups -OCH3 is 1. The Labute approximate surface area is 350 Å². The molecule has 0 aromatic heterocycles. The molecule has 0 aliphatic heterocycles. The van der Waals surface area contributed by atoms with Crippen molar-refractivity contribution in [2.45, 2.75) is 190 Å². The molecule has 6 aliphatic carbocycles. The van der Waals surface area contributed by atoms with Gasteiger partial charge in [-0.2, -0.15) is 0 Å². The Hall–Kier alpha value is -3.30. The topological polar surface area (TPSA) is 250 Å². The fourth-order valence-electron chi connectivity index (χ4n) is 11.5. The van der Waals surface area contributed by atoms with E-state index in [1.165, 1.54) is 7.11 Å². The monoisotopic (exact) mass is 827 g/mol. The Kier molecular flexibility index (Phi) is 16.1. The van der Waals surface area contributed by atoms with Gasteiger partial charge in [-0.05, 0) is 102 Å². The maximum atomic E-state index is 14.2. The molecule has 6 aliphatic rings. The van der Waals surface area contributed by atoms with Crippen LogP contribution >= 0.6 is 0 Å². The van der Waals surface area contributed by atoms with Crippen molar-refractivity contribution < 1.29 is 33.5 Å². The van der Waals surface area contributed by atoms with Gasteiger partial charge in [0.1, 0.15) is 0 Å². The van der Waals surface area contributed by atoms with E-state index in [2.05, 4.69) is 33.5 Å². The number of nitrogens with two attached hydrogens (primary N) is 3. The zero-order chi connectivity index (χ0) is 42.2. The summed E-state index contributed by atoms with van der Waals surface area (Å²) in [6.07, 6.45) is 15.2. The van der Waals surface area contributed by atoms with E-state index in [1.54, 1.807) is 0 Å². The summed E-state index contributed by atoms with van der Waals surface area (Å²) in [4.78, 5) is 82.2. The normalized spacial score (nSPS) is 39.1. The summed E-state index contributed by atoms with van der Waals surface area (Å²) in [6.45, 7) is 2.11. The fraction of sp³-hybridized carbons (Fsp3) is 0.864. The minimum atomic E-state index is -0.559. The number of hydrogen-bond donors (Lipinski definition) is 8. The Morgan fingerprint density at radius 2 is 0.695 bits per heavy atom. The minimum Gasteiger partial charge on any atom is -0.469 e. The molecule has 0 saturated heterocycles. The third-order valence-corrected chi connectivity index (χ3v) is 15.1. The lowest BCUT2D eigenvalue weighted by molar-refractivity contribution is -0.148. The second-order valence-electron chi connectivity index (χ2n) is 19.3. The number of carbonyl (C=O) groups is 6. The average molecular weight is 827 g/mol. The lowest BCUT2D eigenvalue weighted by atomic mass is 9.76. The van der Waals surface area contributed by atoms with Crippen molar-refractivity contribution in [1.82, 2.24) is 26.6 Å². The number of rotatable bonds is 11. The zero-order valence-electron chi connectivity index (χ0n) is 35.6. The second kappa shape index (κ2) is 21.0. The van der Waals surface area contributed by atoms with E-state index in [0.717, 1.165) is 57.8 Å². The summed E-state index contributed by atoms with van der Waals surface area (Å²) in [5, 5.41) is 16.1. The van der Waals surface area contributed by atoms with E-state index >= 15 is 0 Å². The third kappa shape index (κ3) is 11.5. The molecule has 15 nitrogen and oxygen atoms in total. The molecule has 6 saturated carbocycles. The number of nitrogens with one attached hydrogen (secondary N) is 5. The first-order chi connectivity index (χ1) is 28.3. The number of amides is 5. The summed E-state index contributed by atoms with van der Waals surface area (Å²) in [5.41, 5.74) is 19.0. The van der Waals surface area contributed by atoms with Crippen molar-refractivity contribution in [3.63, 3.8) is 0 Å². The first-order valence-electron chi connectivity index (χ1n) is 23.2. The van der Waals surface area contributed by atoms with Crippen LogP contribution in [-0.2, 0) is 33.5 Å². The Bertz CT molecular complexity index is 1500. The van der Waals surface area contributed by atoms with Crippen LogP contribution in [0.25, 0.3) is 0 Å². The molecule has 0 heterocycles. The predicted octanol–water partition coefficient (Wildman–Crippen LogP) is 2.17. The summed E-state index contributed by atoms with van der Waals surface area (Å²) in [7, 11) is 1.37. The number of esters is 1. The highest BCUT2D eigenvalue weighted by molar-refractivity contribution is 5.87. The fourth-order valence-corrected chi connectivity index (χ4v) is 11.5. The molecule has 0 spiro atoms. The van der Waals surface area contributed by atoms with Crippen LogP contribution in [0.5, 0.6) is 0 Å². The van der Waals surface area contributed by atoms with E-state index in [9.17, 15) is 28.8 Å². The van der Waals surface area contributed by atoms with Crippen LogP contribution in [0.1, 0.15) is 142 Å². The van der Waals surface area contributed by atoms with E-state index in [0.29, 0.717) is 77.0 Å². The highest BCUT2D eigenvalue weighted by Gasteiger charge is 2.44. The summed E-state index contributed by atoms with van der Waals surface area (Å²) in [6, 6.07) is -2.17. The van der Waals surface area contributed by atoms with Gasteiger partial charge in [-0.3, -0.25) is 28.8 Å². The van der Waals surface area contributed by atoms with Gasteiger partial charge in [0.25, 0.3) is 0 Å². The SMILES string of the molecule is COC(=O)C1CCCCC1NC(=O)C1CC(N)CCC1NC(=O)C1CCCCC1NC(=O)C1CC(N)CCC1NC(=O)C1CCCCC1NC(=O)C1CC(N)CCC1C. The highest BCUT2D eigenvalue weighted by atomic mass is 16.5. The maximum Gasteiger partial charge on any atom is 0.310 e. The van der Waals surface area contributed by atoms with Gasteiger partial charge < -0.3 is 48.5 Å². The van der Waals surface area contributed by atoms with Crippen molar-refractivity contribution in [3.05, 3.63) is 0 Å². The molecule has 0 aromatic carbocycles. The molecule has 6 rings (SSSR count). The van der Waals surface area contributed by atoms with Gasteiger partial charge in [-0.25, -0.2) is 0 Å². The minimum absolute atomic E-state index is 0.0108. The number of carbonyl (C=O) groups excluding carboxylic acids is 6. The molecule has 15 heteroatoms. The summed E-state index contributed by atoms with van der Waals surface area (Å²) in [5.74, 6) is -3.32. The first-order valence-corrected chi connectivity index (χ1v) is 23.2. The molecular weight excluding hydrogens is 753 g/mol. The number of hydrogen-bond acceptors (Lipinski definition) is 10. The maximum absolute atomic E-state index is 14.2. The van der Waals surface area contributed by atoms with Gasteiger partial charge in [0, 0.05) is 54.3 Å². The van der Waals surface area contributed by atoms with E-state index in [4.69, 9.17) is 21.9 Å². The van der Waals surface area contributed by atoms with Crippen molar-refractivity contribution in [3.8, 4) is 0 Å². The molecule has 5 amide bonds. The van der Waals surface area contributed by atoms with Crippen molar-refractivity contribution in [1.29, 1.82) is 0 Å². The molecule has 0 radical (unpaired) electrons. The molecule has 11 N–H and O–H groups in total. The predicted molar refractivity (Wildman–Crippen MR) is 223 cm³/mol. The molecular formula is C44H74N8O7. The quantitative estimate of drug-likeness (QED) is 0.141. The van der Waals surface area contributed by atoms with Gasteiger partial charge in [0.2, 0.25) is 29.5 Å². The van der Waals surface area contributed by atoms with Gasteiger partial charge in [0.05, 0.1) is 36.7 Å². The molecule has 15 atom stereocenters. The van der Waals surface area contributed by atoms with E-state index in [1.807, 2.05) is 0 Å². The Morgan fingerprint density at radius 1 is 0.390 bits per heavy atom. The summed E-state index contributed by atoms with van der Waals surface area (Å²) >= 11 is 0. The van der Waals surface area contributed by atoms with Gasteiger partial charge in [-0.1, -0.05) is 45.4 Å². The molecule has 0 bridgehead atoms. The van der Waals surface area contributed by atoms with Crippen LogP contribution in [0, 0.1) is 41.4 Å². The highest BCUT2D eigenvalue weighted by Crippen LogP contribution is 2.34. The van der Waals surface area contributed by atoms with Crippen LogP contribution in [0.4, 0.5) is 0 Å². The smallest absolute Gasteiger partial charge is 0.310 e.